The monoisotopic (exact) mass is 244 g/mol. The minimum atomic E-state index is -0.994. The molecular weight excluding hydrogens is 232 g/mol. The van der Waals surface area contributed by atoms with E-state index < -0.39 is 5.97 Å². The molecule has 1 aromatic carbocycles. The van der Waals surface area contributed by atoms with E-state index in [1.54, 1.807) is 11.7 Å². The third-order valence-corrected chi connectivity index (χ3v) is 3.10. The van der Waals surface area contributed by atoms with Crippen LogP contribution in [0.25, 0.3) is 11.3 Å². The number of aromatic carboxylic acids is 1. The average Bonchev–Trinajstić information content (AvgIpc) is 2.57. The van der Waals surface area contributed by atoms with Crippen LogP contribution in [-0.4, -0.2) is 27.5 Å². The summed E-state index contributed by atoms with van der Waals surface area (Å²) >= 11 is 0. The van der Waals surface area contributed by atoms with Crippen LogP contribution in [0.3, 0.4) is 0 Å². The van der Waals surface area contributed by atoms with E-state index in [0.29, 0.717) is 13.0 Å². The fourth-order valence-corrected chi connectivity index (χ4v) is 2.36. The highest BCUT2D eigenvalue weighted by Crippen LogP contribution is 2.36. The smallest absolute Gasteiger partial charge is 0.356 e. The molecule has 0 amide bonds. The van der Waals surface area contributed by atoms with Crippen LogP contribution in [0, 0.1) is 0 Å². The SMILES string of the molecule is Cn1nc(C(=O)O)c2c1-c1ccccc1OCC2. The number of hydrogen-bond acceptors (Lipinski definition) is 3. The fourth-order valence-electron chi connectivity index (χ4n) is 2.36. The number of fused-ring (bicyclic) bond motifs is 3. The highest BCUT2D eigenvalue weighted by molar-refractivity contribution is 5.90. The van der Waals surface area contributed by atoms with Gasteiger partial charge in [0.25, 0.3) is 0 Å². The molecule has 18 heavy (non-hydrogen) atoms. The van der Waals surface area contributed by atoms with Crippen LogP contribution in [0.5, 0.6) is 5.75 Å². The second-order valence-electron chi connectivity index (χ2n) is 4.20. The van der Waals surface area contributed by atoms with Gasteiger partial charge in [-0.2, -0.15) is 5.10 Å². The number of hydrogen-bond donors (Lipinski definition) is 1. The second-order valence-corrected chi connectivity index (χ2v) is 4.20. The Morgan fingerprint density at radius 1 is 1.44 bits per heavy atom. The maximum absolute atomic E-state index is 11.2. The van der Waals surface area contributed by atoms with Gasteiger partial charge in [0.15, 0.2) is 5.69 Å². The molecule has 1 aliphatic rings. The Labute approximate surface area is 104 Å². The molecule has 1 aromatic heterocycles. The predicted octanol–water partition coefficient (Wildman–Crippen LogP) is 1.72. The van der Waals surface area contributed by atoms with Gasteiger partial charge >= 0.3 is 5.97 Å². The van der Waals surface area contributed by atoms with E-state index in [2.05, 4.69) is 5.10 Å². The van der Waals surface area contributed by atoms with E-state index in [9.17, 15) is 9.90 Å². The van der Waals surface area contributed by atoms with Crippen molar-refractivity contribution in [3.05, 3.63) is 35.5 Å². The summed E-state index contributed by atoms with van der Waals surface area (Å²) in [5.74, 6) is -0.220. The first-order valence-corrected chi connectivity index (χ1v) is 5.70. The highest BCUT2D eigenvalue weighted by atomic mass is 16.5. The van der Waals surface area contributed by atoms with Gasteiger partial charge in [-0.15, -0.1) is 0 Å². The molecule has 0 fully saturated rings. The highest BCUT2D eigenvalue weighted by Gasteiger charge is 2.25. The van der Waals surface area contributed by atoms with Gasteiger partial charge < -0.3 is 9.84 Å². The van der Waals surface area contributed by atoms with Crippen molar-refractivity contribution in [3.8, 4) is 17.0 Å². The van der Waals surface area contributed by atoms with Gasteiger partial charge in [-0.1, -0.05) is 12.1 Å². The number of carbonyl (C=O) groups is 1. The number of nitrogens with zero attached hydrogens (tertiary/aromatic N) is 2. The van der Waals surface area contributed by atoms with Crippen molar-refractivity contribution in [2.24, 2.45) is 7.05 Å². The summed E-state index contributed by atoms with van der Waals surface area (Å²) in [4.78, 5) is 11.2. The van der Waals surface area contributed by atoms with E-state index in [0.717, 1.165) is 22.6 Å². The molecule has 3 rings (SSSR count). The maximum atomic E-state index is 11.2. The summed E-state index contributed by atoms with van der Waals surface area (Å²) in [7, 11) is 1.76. The lowest BCUT2D eigenvalue weighted by molar-refractivity contribution is 0.0688. The fraction of sp³-hybridized carbons (Fsp3) is 0.231. The largest absolute Gasteiger partial charge is 0.493 e. The van der Waals surface area contributed by atoms with Crippen LogP contribution in [0.15, 0.2) is 24.3 Å². The first-order chi connectivity index (χ1) is 8.68. The lowest BCUT2D eigenvalue weighted by Crippen LogP contribution is -2.05. The van der Waals surface area contributed by atoms with Crippen molar-refractivity contribution in [2.45, 2.75) is 6.42 Å². The van der Waals surface area contributed by atoms with Crippen LogP contribution in [0.2, 0.25) is 0 Å². The molecule has 0 atom stereocenters. The molecule has 0 aliphatic carbocycles. The third kappa shape index (κ3) is 1.48. The molecule has 0 saturated heterocycles. The standard InChI is InChI=1S/C13H12N2O3/c1-15-12-8-4-2-3-5-10(8)18-7-6-9(12)11(14-15)13(16)17/h2-5H,6-7H2,1H3,(H,16,17). The van der Waals surface area contributed by atoms with E-state index in [1.165, 1.54) is 0 Å². The number of ether oxygens (including phenoxy) is 1. The zero-order valence-corrected chi connectivity index (χ0v) is 9.88. The van der Waals surface area contributed by atoms with Gasteiger partial charge in [-0.25, -0.2) is 4.79 Å². The van der Waals surface area contributed by atoms with E-state index in [-0.39, 0.29) is 5.69 Å². The zero-order valence-electron chi connectivity index (χ0n) is 9.88. The van der Waals surface area contributed by atoms with Crippen molar-refractivity contribution >= 4 is 5.97 Å². The number of benzene rings is 1. The van der Waals surface area contributed by atoms with Crippen molar-refractivity contribution in [3.63, 3.8) is 0 Å². The summed E-state index contributed by atoms with van der Waals surface area (Å²) in [6, 6.07) is 7.62. The quantitative estimate of drug-likeness (QED) is 0.829. The molecule has 0 radical (unpaired) electrons. The Kier molecular flexibility index (Phi) is 2.33. The average molecular weight is 244 g/mol. The summed E-state index contributed by atoms with van der Waals surface area (Å²) in [6.07, 6.45) is 0.555. The van der Waals surface area contributed by atoms with E-state index >= 15 is 0 Å². The Morgan fingerprint density at radius 2 is 2.22 bits per heavy atom. The maximum Gasteiger partial charge on any atom is 0.356 e. The van der Waals surface area contributed by atoms with Gasteiger partial charge in [0.1, 0.15) is 5.75 Å². The molecular formula is C13H12N2O3. The van der Waals surface area contributed by atoms with Gasteiger partial charge in [0.2, 0.25) is 0 Å². The molecule has 2 heterocycles. The minimum Gasteiger partial charge on any atom is -0.493 e. The van der Waals surface area contributed by atoms with Crippen LogP contribution in [0.1, 0.15) is 16.1 Å². The number of carboxylic acid groups (broad SMARTS) is 1. The van der Waals surface area contributed by atoms with Crippen LogP contribution in [0.4, 0.5) is 0 Å². The lowest BCUT2D eigenvalue weighted by atomic mass is 10.0. The number of para-hydroxylation sites is 1. The van der Waals surface area contributed by atoms with Crippen molar-refractivity contribution < 1.29 is 14.6 Å². The molecule has 0 saturated carbocycles. The molecule has 0 unspecified atom stereocenters. The zero-order chi connectivity index (χ0) is 12.7. The van der Waals surface area contributed by atoms with Crippen LogP contribution < -0.4 is 4.74 Å². The predicted molar refractivity (Wildman–Crippen MR) is 64.8 cm³/mol. The summed E-state index contributed by atoms with van der Waals surface area (Å²) in [6.45, 7) is 0.468. The first-order valence-electron chi connectivity index (χ1n) is 5.70. The molecule has 5 heteroatoms. The molecule has 0 bridgehead atoms. The second kappa shape index (κ2) is 3.87. The molecule has 0 spiro atoms. The number of rotatable bonds is 1. The topological polar surface area (TPSA) is 64.4 Å². The Hall–Kier alpha value is -2.30. The molecule has 5 nitrogen and oxygen atoms in total. The number of aryl methyl sites for hydroxylation is 1. The number of carboxylic acids is 1. The molecule has 2 aromatic rings. The van der Waals surface area contributed by atoms with Gasteiger partial charge in [0.05, 0.1) is 12.3 Å². The number of aromatic nitrogens is 2. The summed E-state index contributed by atoms with van der Waals surface area (Å²) in [5.41, 5.74) is 2.59. The summed E-state index contributed by atoms with van der Waals surface area (Å²) < 4.78 is 7.26. The van der Waals surface area contributed by atoms with Gasteiger partial charge in [0, 0.05) is 24.6 Å². The minimum absolute atomic E-state index is 0.118. The first kappa shape index (κ1) is 10.8. The van der Waals surface area contributed by atoms with Crippen molar-refractivity contribution in [1.82, 2.24) is 9.78 Å². The lowest BCUT2D eigenvalue weighted by Gasteiger charge is -2.07. The Balaban J connectivity index is 2.31. The van der Waals surface area contributed by atoms with Gasteiger partial charge in [-0.3, -0.25) is 4.68 Å². The van der Waals surface area contributed by atoms with Crippen LogP contribution in [-0.2, 0) is 13.5 Å². The van der Waals surface area contributed by atoms with Crippen LogP contribution >= 0.6 is 0 Å². The van der Waals surface area contributed by atoms with Crippen molar-refractivity contribution in [2.75, 3.05) is 6.61 Å². The Morgan fingerprint density at radius 3 is 3.00 bits per heavy atom. The normalized spacial score (nSPS) is 13.2. The molecule has 1 N–H and O–H groups in total. The summed E-state index contributed by atoms with van der Waals surface area (Å²) in [5, 5.41) is 13.3. The van der Waals surface area contributed by atoms with E-state index in [4.69, 9.17) is 4.74 Å². The Bertz CT molecular complexity index is 631. The molecule has 92 valence electrons. The van der Waals surface area contributed by atoms with Crippen molar-refractivity contribution in [1.29, 1.82) is 0 Å². The molecule has 1 aliphatic heterocycles. The third-order valence-electron chi connectivity index (χ3n) is 3.10. The van der Waals surface area contributed by atoms with E-state index in [1.807, 2.05) is 24.3 Å². The van der Waals surface area contributed by atoms with Gasteiger partial charge in [-0.05, 0) is 12.1 Å².